The van der Waals surface area contributed by atoms with Crippen LogP contribution in [-0.2, 0) is 9.47 Å². The molecule has 5 heteroatoms. The van der Waals surface area contributed by atoms with Crippen LogP contribution in [0.2, 0.25) is 0 Å². The highest BCUT2D eigenvalue weighted by atomic mass is 16.6. The fourth-order valence-electron chi connectivity index (χ4n) is 4.08. The normalized spacial score (nSPS) is 29.0. The van der Waals surface area contributed by atoms with Gasteiger partial charge in [0, 0.05) is 19.6 Å². The molecule has 1 spiro atoms. The lowest BCUT2D eigenvalue weighted by atomic mass is 9.73. The summed E-state index contributed by atoms with van der Waals surface area (Å²) in [4.78, 5) is 7.29. The lowest BCUT2D eigenvalue weighted by molar-refractivity contribution is -0.0833. The lowest BCUT2D eigenvalue weighted by Gasteiger charge is -2.33. The Kier molecular flexibility index (Phi) is 5.58. The second kappa shape index (κ2) is 7.64. The first-order chi connectivity index (χ1) is 10.8. The van der Waals surface area contributed by atoms with E-state index in [-0.39, 0.29) is 6.10 Å². The Morgan fingerprint density at radius 3 is 2.82 bits per heavy atom. The molecule has 2 aliphatic heterocycles. The Labute approximate surface area is 134 Å². The van der Waals surface area contributed by atoms with Crippen molar-refractivity contribution in [3.05, 3.63) is 0 Å². The summed E-state index contributed by atoms with van der Waals surface area (Å²) in [6.07, 6.45) is 8.51. The molecule has 2 heterocycles. The van der Waals surface area contributed by atoms with E-state index < -0.39 is 0 Å². The number of hydrogen-bond acceptors (Lipinski definition) is 3. The fraction of sp³-hybridized carbons (Fsp3) is 0.941. The van der Waals surface area contributed by atoms with Crippen molar-refractivity contribution in [1.82, 2.24) is 10.2 Å². The summed E-state index contributed by atoms with van der Waals surface area (Å²) < 4.78 is 11.2. The molecule has 5 nitrogen and oxygen atoms in total. The van der Waals surface area contributed by atoms with Gasteiger partial charge in [0.1, 0.15) is 6.10 Å². The maximum Gasteiger partial charge on any atom is 0.194 e. The lowest BCUT2D eigenvalue weighted by Crippen LogP contribution is -2.42. The predicted octanol–water partition coefficient (Wildman–Crippen LogP) is 2.02. The molecule has 0 aromatic carbocycles. The largest absolute Gasteiger partial charge is 0.376 e. The summed E-state index contributed by atoms with van der Waals surface area (Å²) in [5, 5.41) is 3.47. The van der Waals surface area contributed by atoms with Crippen molar-refractivity contribution in [3.8, 4) is 0 Å². The van der Waals surface area contributed by atoms with Crippen molar-refractivity contribution in [2.45, 2.75) is 51.6 Å². The average molecular weight is 309 g/mol. The minimum atomic E-state index is 0.119. The molecule has 0 amide bonds. The Morgan fingerprint density at radius 1 is 1.23 bits per heavy atom. The van der Waals surface area contributed by atoms with Crippen molar-refractivity contribution in [2.24, 2.45) is 10.4 Å². The van der Waals surface area contributed by atoms with Crippen molar-refractivity contribution < 1.29 is 9.47 Å². The van der Waals surface area contributed by atoms with Gasteiger partial charge in [0.2, 0.25) is 0 Å². The molecule has 0 bridgehead atoms. The molecule has 1 N–H and O–H groups in total. The number of aliphatic imine (C=N–C) groups is 1. The fourth-order valence-corrected chi connectivity index (χ4v) is 4.08. The summed E-state index contributed by atoms with van der Waals surface area (Å²) >= 11 is 0. The van der Waals surface area contributed by atoms with Crippen LogP contribution in [0.5, 0.6) is 0 Å². The van der Waals surface area contributed by atoms with Gasteiger partial charge in [-0.05, 0) is 31.6 Å². The summed E-state index contributed by atoms with van der Waals surface area (Å²) in [6, 6.07) is 0. The van der Waals surface area contributed by atoms with Crippen molar-refractivity contribution in [2.75, 3.05) is 46.0 Å². The number of likely N-dealkylation sites (tertiary alicyclic amines) is 1. The highest BCUT2D eigenvalue weighted by Gasteiger charge is 2.39. The van der Waals surface area contributed by atoms with Gasteiger partial charge in [-0.1, -0.05) is 19.3 Å². The molecule has 0 aromatic rings. The van der Waals surface area contributed by atoms with Crippen LogP contribution in [0.3, 0.4) is 0 Å². The quantitative estimate of drug-likeness (QED) is 0.640. The van der Waals surface area contributed by atoms with Gasteiger partial charge in [-0.15, -0.1) is 0 Å². The molecule has 2 saturated heterocycles. The topological polar surface area (TPSA) is 46.1 Å². The van der Waals surface area contributed by atoms with Crippen LogP contribution in [0.25, 0.3) is 0 Å². The molecule has 22 heavy (non-hydrogen) atoms. The Balaban J connectivity index is 1.58. The molecule has 0 aromatic heterocycles. The highest BCUT2D eigenvalue weighted by molar-refractivity contribution is 5.80. The van der Waals surface area contributed by atoms with Crippen molar-refractivity contribution in [3.63, 3.8) is 0 Å². The standard InChI is InChI=1S/C17H31N3O2/c1-2-18-16(19-12-15-13-21-10-11-22-15)20-9-8-17(14-20)6-4-3-5-7-17/h15H,2-14H2,1H3,(H,18,19). The van der Waals surface area contributed by atoms with E-state index in [1.54, 1.807) is 0 Å². The van der Waals surface area contributed by atoms with Crippen LogP contribution < -0.4 is 5.32 Å². The van der Waals surface area contributed by atoms with Gasteiger partial charge in [-0.2, -0.15) is 0 Å². The van der Waals surface area contributed by atoms with Crippen LogP contribution in [0.4, 0.5) is 0 Å². The third-order valence-corrected chi connectivity index (χ3v) is 5.32. The minimum Gasteiger partial charge on any atom is -0.376 e. The second-order valence-corrected chi connectivity index (χ2v) is 6.99. The molecule has 1 atom stereocenters. The number of nitrogens with zero attached hydrogens (tertiary/aromatic N) is 2. The van der Waals surface area contributed by atoms with Gasteiger partial charge in [-0.3, -0.25) is 4.99 Å². The van der Waals surface area contributed by atoms with E-state index in [0.717, 1.165) is 25.7 Å². The van der Waals surface area contributed by atoms with Crippen molar-refractivity contribution in [1.29, 1.82) is 0 Å². The van der Waals surface area contributed by atoms with Crippen LogP contribution >= 0.6 is 0 Å². The zero-order valence-electron chi connectivity index (χ0n) is 14.0. The monoisotopic (exact) mass is 309 g/mol. The number of nitrogens with one attached hydrogen (secondary N) is 1. The number of ether oxygens (including phenoxy) is 2. The summed E-state index contributed by atoms with van der Waals surface area (Å²) in [5.41, 5.74) is 0.568. The van der Waals surface area contributed by atoms with Gasteiger partial charge in [0.05, 0.1) is 26.4 Å². The average Bonchev–Trinajstić information content (AvgIpc) is 2.96. The SMILES string of the molecule is CCNC(=NCC1COCCO1)N1CCC2(CCCCC2)C1. The maximum atomic E-state index is 5.70. The zero-order chi connectivity index (χ0) is 15.3. The first-order valence-corrected chi connectivity index (χ1v) is 9.04. The van der Waals surface area contributed by atoms with Crippen molar-refractivity contribution >= 4 is 5.96 Å². The Morgan fingerprint density at radius 2 is 2.09 bits per heavy atom. The molecule has 3 aliphatic rings. The molecule has 1 unspecified atom stereocenters. The van der Waals surface area contributed by atoms with Gasteiger partial charge in [-0.25, -0.2) is 0 Å². The highest BCUT2D eigenvalue weighted by Crippen LogP contribution is 2.43. The summed E-state index contributed by atoms with van der Waals surface area (Å²) in [5.74, 6) is 1.07. The molecular weight excluding hydrogens is 278 g/mol. The molecule has 1 aliphatic carbocycles. The smallest absolute Gasteiger partial charge is 0.194 e. The Bertz CT molecular complexity index is 374. The summed E-state index contributed by atoms with van der Waals surface area (Å²) in [7, 11) is 0. The molecule has 126 valence electrons. The van der Waals surface area contributed by atoms with E-state index in [4.69, 9.17) is 14.5 Å². The van der Waals surface area contributed by atoms with E-state index in [1.165, 1.54) is 45.1 Å². The molecular formula is C17H31N3O2. The zero-order valence-corrected chi connectivity index (χ0v) is 14.0. The van der Waals surface area contributed by atoms with Crippen LogP contribution in [0, 0.1) is 5.41 Å². The first-order valence-electron chi connectivity index (χ1n) is 9.04. The van der Waals surface area contributed by atoms with Crippen LogP contribution in [0.1, 0.15) is 45.4 Å². The number of rotatable bonds is 3. The third kappa shape index (κ3) is 3.93. The van der Waals surface area contributed by atoms with E-state index in [0.29, 0.717) is 25.2 Å². The molecule has 1 saturated carbocycles. The molecule has 0 radical (unpaired) electrons. The summed E-state index contributed by atoms with van der Waals surface area (Å²) in [6.45, 7) is 8.18. The number of guanidine groups is 1. The third-order valence-electron chi connectivity index (χ3n) is 5.32. The van der Waals surface area contributed by atoms with Gasteiger partial charge < -0.3 is 19.7 Å². The Hall–Kier alpha value is -0.810. The second-order valence-electron chi connectivity index (χ2n) is 6.99. The van der Waals surface area contributed by atoms with Crippen LogP contribution in [0.15, 0.2) is 4.99 Å². The molecule has 3 rings (SSSR count). The van der Waals surface area contributed by atoms with E-state index in [2.05, 4.69) is 17.1 Å². The van der Waals surface area contributed by atoms with E-state index in [1.807, 2.05) is 0 Å². The van der Waals surface area contributed by atoms with E-state index >= 15 is 0 Å². The predicted molar refractivity (Wildman–Crippen MR) is 88.2 cm³/mol. The maximum absolute atomic E-state index is 5.70. The number of hydrogen-bond donors (Lipinski definition) is 1. The molecule has 3 fully saturated rings. The minimum absolute atomic E-state index is 0.119. The van der Waals surface area contributed by atoms with Gasteiger partial charge in [0.25, 0.3) is 0 Å². The first kappa shape index (κ1) is 16.1. The van der Waals surface area contributed by atoms with Gasteiger partial charge >= 0.3 is 0 Å². The van der Waals surface area contributed by atoms with E-state index in [9.17, 15) is 0 Å². The van der Waals surface area contributed by atoms with Gasteiger partial charge in [0.15, 0.2) is 5.96 Å². The van der Waals surface area contributed by atoms with Crippen LogP contribution in [-0.4, -0.2) is 63.0 Å².